The molecule has 0 saturated heterocycles. The van der Waals surface area contributed by atoms with Gasteiger partial charge in [0.25, 0.3) is 0 Å². The second kappa shape index (κ2) is 6.11. The molecule has 124 valence electrons. The van der Waals surface area contributed by atoms with E-state index in [9.17, 15) is 10.1 Å². The fourth-order valence-electron chi connectivity index (χ4n) is 3.70. The number of likely N-dealkylation sites (N-methyl/N-ethyl adjacent to an activating group) is 1. The molecular weight excluding hydrogens is 300 g/mol. The van der Waals surface area contributed by atoms with Crippen molar-refractivity contribution in [3.63, 3.8) is 0 Å². The molecule has 1 aliphatic rings. The Morgan fingerprint density at radius 2 is 1.79 bits per heavy atom. The number of nitro groups is 1. The SMILES string of the molecule is CC(/C=C1/N(C)c2ccccc2C1(C)c1ccccc1)C[N+](=O)[O-]. The van der Waals surface area contributed by atoms with Gasteiger partial charge in [-0.05, 0) is 24.1 Å². The van der Waals surface area contributed by atoms with Crippen LogP contribution in [0.3, 0.4) is 0 Å². The average Bonchev–Trinajstić information content (AvgIpc) is 2.78. The zero-order valence-electron chi connectivity index (χ0n) is 14.3. The Hall–Kier alpha value is -2.62. The van der Waals surface area contributed by atoms with Crippen molar-refractivity contribution in [2.75, 3.05) is 18.5 Å². The zero-order valence-corrected chi connectivity index (χ0v) is 14.3. The van der Waals surface area contributed by atoms with Gasteiger partial charge in [0.2, 0.25) is 6.54 Å². The van der Waals surface area contributed by atoms with Crippen molar-refractivity contribution in [3.05, 3.63) is 87.6 Å². The maximum absolute atomic E-state index is 10.9. The molecule has 2 aromatic rings. The quantitative estimate of drug-likeness (QED) is 0.625. The highest BCUT2D eigenvalue weighted by Crippen LogP contribution is 2.51. The van der Waals surface area contributed by atoms with Gasteiger partial charge in [-0.25, -0.2) is 0 Å². The third-order valence-electron chi connectivity index (χ3n) is 4.91. The summed E-state index contributed by atoms with van der Waals surface area (Å²) in [5.74, 6) is -0.130. The number of anilines is 1. The summed E-state index contributed by atoms with van der Waals surface area (Å²) in [6.45, 7) is 4.05. The number of hydrogen-bond donors (Lipinski definition) is 0. The predicted molar refractivity (Wildman–Crippen MR) is 96.8 cm³/mol. The van der Waals surface area contributed by atoms with Crippen molar-refractivity contribution in [1.82, 2.24) is 0 Å². The minimum Gasteiger partial charge on any atom is -0.347 e. The van der Waals surface area contributed by atoms with Crippen LogP contribution in [0.15, 0.2) is 66.4 Å². The van der Waals surface area contributed by atoms with Crippen LogP contribution in [-0.2, 0) is 5.41 Å². The van der Waals surface area contributed by atoms with Crippen molar-refractivity contribution in [2.24, 2.45) is 5.92 Å². The normalized spacial score (nSPS) is 22.5. The third kappa shape index (κ3) is 2.58. The molecule has 0 spiro atoms. The van der Waals surface area contributed by atoms with Crippen LogP contribution < -0.4 is 4.90 Å². The number of rotatable bonds is 4. The molecule has 24 heavy (non-hydrogen) atoms. The molecule has 0 radical (unpaired) electrons. The maximum Gasteiger partial charge on any atom is 0.209 e. The monoisotopic (exact) mass is 322 g/mol. The van der Waals surface area contributed by atoms with E-state index in [1.54, 1.807) is 0 Å². The van der Waals surface area contributed by atoms with Crippen molar-refractivity contribution in [3.8, 4) is 0 Å². The fourth-order valence-corrected chi connectivity index (χ4v) is 3.70. The second-order valence-electron chi connectivity index (χ2n) is 6.61. The first-order valence-electron chi connectivity index (χ1n) is 8.17. The Morgan fingerprint density at radius 3 is 2.46 bits per heavy atom. The lowest BCUT2D eigenvalue weighted by Crippen LogP contribution is -2.28. The number of fused-ring (bicyclic) bond motifs is 1. The molecule has 0 N–H and O–H groups in total. The summed E-state index contributed by atoms with van der Waals surface area (Å²) in [6.07, 6.45) is 2.05. The molecular formula is C20H22N2O2. The van der Waals surface area contributed by atoms with E-state index < -0.39 is 0 Å². The average molecular weight is 322 g/mol. The van der Waals surface area contributed by atoms with Crippen molar-refractivity contribution >= 4 is 5.69 Å². The zero-order chi connectivity index (χ0) is 17.3. The van der Waals surface area contributed by atoms with Gasteiger partial charge in [0, 0.05) is 29.3 Å². The highest BCUT2D eigenvalue weighted by Gasteiger charge is 2.43. The Balaban J connectivity index is 2.17. The summed E-state index contributed by atoms with van der Waals surface area (Å²) in [7, 11) is 2.04. The lowest BCUT2D eigenvalue weighted by molar-refractivity contribution is -0.485. The summed E-state index contributed by atoms with van der Waals surface area (Å²) < 4.78 is 0. The third-order valence-corrected chi connectivity index (χ3v) is 4.91. The molecule has 4 heteroatoms. The van der Waals surface area contributed by atoms with E-state index in [1.165, 1.54) is 11.1 Å². The Bertz CT molecular complexity index is 785. The van der Waals surface area contributed by atoms with Crippen molar-refractivity contribution in [2.45, 2.75) is 19.3 Å². The Morgan fingerprint density at radius 1 is 1.17 bits per heavy atom. The molecule has 4 nitrogen and oxygen atoms in total. The van der Waals surface area contributed by atoms with Gasteiger partial charge in [-0.2, -0.15) is 0 Å². The van der Waals surface area contributed by atoms with Crippen molar-refractivity contribution in [1.29, 1.82) is 0 Å². The predicted octanol–water partition coefficient (Wildman–Crippen LogP) is 4.24. The largest absolute Gasteiger partial charge is 0.347 e. The van der Waals surface area contributed by atoms with Gasteiger partial charge in [0.1, 0.15) is 0 Å². The maximum atomic E-state index is 10.9. The van der Waals surface area contributed by atoms with Gasteiger partial charge in [0.15, 0.2) is 0 Å². The van der Waals surface area contributed by atoms with E-state index in [4.69, 9.17) is 0 Å². The minimum absolute atomic E-state index is 0.0570. The molecule has 0 bridgehead atoms. The van der Waals surface area contributed by atoms with Crippen molar-refractivity contribution < 1.29 is 4.92 Å². The van der Waals surface area contributed by atoms with Gasteiger partial charge in [-0.1, -0.05) is 61.5 Å². The molecule has 1 heterocycles. The van der Waals surface area contributed by atoms with Crippen LogP contribution in [-0.4, -0.2) is 18.5 Å². The summed E-state index contributed by atoms with van der Waals surface area (Å²) in [4.78, 5) is 12.8. The summed E-state index contributed by atoms with van der Waals surface area (Å²) in [5, 5.41) is 10.9. The lowest BCUT2D eigenvalue weighted by atomic mass is 9.75. The van der Waals surface area contributed by atoms with Gasteiger partial charge < -0.3 is 4.90 Å². The van der Waals surface area contributed by atoms with Gasteiger partial charge in [0.05, 0.1) is 5.41 Å². The number of benzene rings is 2. The van der Waals surface area contributed by atoms with E-state index in [0.717, 1.165) is 11.4 Å². The standard InChI is InChI=1S/C20H22N2O2/c1-15(14-22(23)24)13-19-20(2,16-9-5-4-6-10-16)17-11-7-8-12-18(17)21(19)3/h4-13,15H,14H2,1-3H3/b19-13+. The van der Waals surface area contributed by atoms with Gasteiger partial charge >= 0.3 is 0 Å². The van der Waals surface area contributed by atoms with Gasteiger partial charge in [-0.15, -0.1) is 0 Å². The summed E-state index contributed by atoms with van der Waals surface area (Å²) in [6, 6.07) is 18.7. The smallest absolute Gasteiger partial charge is 0.209 e. The van der Waals surface area contributed by atoms with E-state index >= 15 is 0 Å². The fraction of sp³-hybridized carbons (Fsp3) is 0.300. The molecule has 0 amide bonds. The topological polar surface area (TPSA) is 46.4 Å². The molecule has 2 atom stereocenters. The van der Waals surface area contributed by atoms with Gasteiger partial charge in [-0.3, -0.25) is 10.1 Å². The first-order chi connectivity index (χ1) is 11.4. The molecule has 2 unspecified atom stereocenters. The van der Waals surface area contributed by atoms with Crippen LogP contribution >= 0.6 is 0 Å². The molecule has 0 aromatic heterocycles. The summed E-state index contributed by atoms with van der Waals surface area (Å²) in [5.41, 5.74) is 4.38. The highest BCUT2D eigenvalue weighted by atomic mass is 16.6. The van der Waals surface area contributed by atoms with Crippen LogP contribution in [0.25, 0.3) is 0 Å². The highest BCUT2D eigenvalue weighted by molar-refractivity contribution is 5.73. The van der Waals surface area contributed by atoms with Crippen LogP contribution in [0.5, 0.6) is 0 Å². The Kier molecular flexibility index (Phi) is 4.14. The van der Waals surface area contributed by atoms with E-state index in [-0.39, 0.29) is 22.8 Å². The summed E-state index contributed by atoms with van der Waals surface area (Å²) >= 11 is 0. The minimum atomic E-state index is -0.308. The number of hydrogen-bond acceptors (Lipinski definition) is 3. The second-order valence-corrected chi connectivity index (χ2v) is 6.61. The molecule has 1 aliphatic heterocycles. The van der Waals surface area contributed by atoms with E-state index in [1.807, 2.05) is 38.2 Å². The van der Waals surface area contributed by atoms with Crippen LogP contribution in [0.4, 0.5) is 5.69 Å². The van der Waals surface area contributed by atoms with E-state index in [0.29, 0.717) is 0 Å². The molecule has 3 rings (SSSR count). The number of para-hydroxylation sites is 1. The lowest BCUT2D eigenvalue weighted by Gasteiger charge is -2.30. The van der Waals surface area contributed by atoms with Crippen LogP contribution in [0.2, 0.25) is 0 Å². The first kappa shape index (κ1) is 16.2. The molecule has 0 aliphatic carbocycles. The Labute approximate surface area is 142 Å². The number of allylic oxidation sites excluding steroid dienone is 1. The first-order valence-corrected chi connectivity index (χ1v) is 8.17. The molecule has 0 saturated carbocycles. The van der Waals surface area contributed by atoms with Crippen LogP contribution in [0.1, 0.15) is 25.0 Å². The molecule has 0 fully saturated rings. The van der Waals surface area contributed by atoms with Crippen LogP contribution in [0, 0.1) is 16.0 Å². The van der Waals surface area contributed by atoms with E-state index in [2.05, 4.69) is 48.2 Å². The number of nitrogens with zero attached hydrogens (tertiary/aromatic N) is 2. The molecule has 2 aromatic carbocycles.